The zero-order chi connectivity index (χ0) is 25.5. The first-order valence-electron chi connectivity index (χ1n) is 13.7. The number of hydrogen-bond donors (Lipinski definition) is 0. The van der Waals surface area contributed by atoms with Gasteiger partial charge in [0.2, 0.25) is 0 Å². The summed E-state index contributed by atoms with van der Waals surface area (Å²) in [6.07, 6.45) is 3.73. The lowest BCUT2D eigenvalue weighted by Gasteiger charge is -2.30. The Kier molecular flexibility index (Phi) is 5.18. The summed E-state index contributed by atoms with van der Waals surface area (Å²) in [6, 6.07) is 28.0. The van der Waals surface area contributed by atoms with Crippen LogP contribution in [-0.2, 0) is 18.9 Å². The van der Waals surface area contributed by atoms with Gasteiger partial charge < -0.3 is 4.57 Å². The molecule has 1 aliphatic carbocycles. The zero-order valence-electron chi connectivity index (χ0n) is 22.6. The van der Waals surface area contributed by atoms with Gasteiger partial charge in [-0.25, -0.2) is 0 Å². The third-order valence-corrected chi connectivity index (χ3v) is 10.3. The first-order valence-corrected chi connectivity index (χ1v) is 14.6. The van der Waals surface area contributed by atoms with Crippen molar-refractivity contribution in [2.24, 2.45) is 7.05 Å². The van der Waals surface area contributed by atoms with E-state index in [2.05, 4.69) is 112 Å². The van der Waals surface area contributed by atoms with Gasteiger partial charge in [0.1, 0.15) is 0 Å². The molecule has 186 valence electrons. The number of nitrogens with zero attached hydrogens (tertiary/aromatic N) is 1. The summed E-state index contributed by atoms with van der Waals surface area (Å²) in [6.45, 7) is 9.50. The maximum atomic E-state index is 2.57. The van der Waals surface area contributed by atoms with Gasteiger partial charge in [0, 0.05) is 44.1 Å². The van der Waals surface area contributed by atoms with Crippen molar-refractivity contribution in [1.29, 1.82) is 0 Å². The summed E-state index contributed by atoms with van der Waals surface area (Å²) in [5.74, 6) is 1.20. The second-order valence-electron chi connectivity index (χ2n) is 12.0. The highest BCUT2D eigenvalue weighted by atomic mass is 32.2. The highest BCUT2D eigenvalue weighted by Crippen LogP contribution is 2.50. The third kappa shape index (κ3) is 3.60. The number of fused-ring (bicyclic) bond motifs is 5. The molecule has 1 aliphatic heterocycles. The van der Waals surface area contributed by atoms with Gasteiger partial charge in [-0.05, 0) is 102 Å². The molecule has 2 aliphatic rings. The average molecular weight is 502 g/mol. The lowest BCUT2D eigenvalue weighted by atomic mass is 9.73. The minimum Gasteiger partial charge on any atom is -0.344 e. The first-order chi connectivity index (χ1) is 17.8. The van der Waals surface area contributed by atoms with Gasteiger partial charge in [0.25, 0.3) is 0 Å². The summed E-state index contributed by atoms with van der Waals surface area (Å²) < 4.78 is 2.45. The topological polar surface area (TPSA) is 4.93 Å². The lowest BCUT2D eigenvalue weighted by molar-refractivity contribution is 0.628. The van der Waals surface area contributed by atoms with Crippen LogP contribution in [-0.4, -0.2) is 4.57 Å². The van der Waals surface area contributed by atoms with Gasteiger partial charge in [0.05, 0.1) is 0 Å². The van der Waals surface area contributed by atoms with Gasteiger partial charge in [-0.2, -0.15) is 0 Å². The Hall–Kier alpha value is -2.97. The monoisotopic (exact) mass is 501 g/mol. The molecule has 0 amide bonds. The summed E-state index contributed by atoms with van der Waals surface area (Å²) in [5.41, 5.74) is 11.5. The normalized spacial score (nSPS) is 17.6. The summed E-state index contributed by atoms with van der Waals surface area (Å²) in [4.78, 5) is 2.82. The summed E-state index contributed by atoms with van der Waals surface area (Å²) in [5, 5.41) is 2.84. The van der Waals surface area contributed by atoms with Crippen molar-refractivity contribution in [3.05, 3.63) is 106 Å². The van der Waals surface area contributed by atoms with Crippen molar-refractivity contribution in [3.63, 3.8) is 0 Å². The fourth-order valence-corrected chi connectivity index (χ4v) is 8.02. The second kappa shape index (κ2) is 8.27. The van der Waals surface area contributed by atoms with Crippen molar-refractivity contribution in [3.8, 4) is 0 Å². The molecule has 1 fully saturated rings. The van der Waals surface area contributed by atoms with Crippen molar-refractivity contribution in [2.75, 3.05) is 0 Å². The van der Waals surface area contributed by atoms with Crippen LogP contribution in [0.3, 0.4) is 0 Å². The SMILES string of the molecule is Cc1ccccc1C(C)(C)c1cc2c(cc1C1CC1)c1cc3c(cc1n2C)Sc1ccccc1CC3C. The van der Waals surface area contributed by atoms with Crippen LogP contribution in [0.25, 0.3) is 21.8 Å². The molecule has 0 spiro atoms. The lowest BCUT2D eigenvalue weighted by Crippen LogP contribution is -2.22. The number of aryl methyl sites for hydroxylation is 2. The molecule has 4 aromatic carbocycles. The Morgan fingerprint density at radius 2 is 1.46 bits per heavy atom. The molecule has 0 N–H and O–H groups in total. The largest absolute Gasteiger partial charge is 0.344 e. The van der Waals surface area contributed by atoms with E-state index in [-0.39, 0.29) is 5.41 Å². The number of rotatable bonds is 3. The predicted molar refractivity (Wildman–Crippen MR) is 158 cm³/mol. The van der Waals surface area contributed by atoms with Crippen LogP contribution in [0.1, 0.15) is 78.8 Å². The fourth-order valence-electron chi connectivity index (χ4n) is 6.80. The van der Waals surface area contributed by atoms with Gasteiger partial charge in [0.15, 0.2) is 0 Å². The third-order valence-electron chi connectivity index (χ3n) is 9.07. The standard InChI is InChI=1S/C35H35NS/c1-21-10-6-8-12-29(21)35(3,4)30-19-31-28(18-26(30)23-14-15-23)27-17-25-22(2)16-24-11-7-9-13-33(24)37-34(25)20-32(27)36(31)5/h6-13,17-20,22-23H,14-16H2,1-5H3. The molecule has 1 unspecified atom stereocenters. The van der Waals surface area contributed by atoms with Crippen molar-refractivity contribution >= 4 is 33.6 Å². The Morgan fingerprint density at radius 1 is 0.784 bits per heavy atom. The van der Waals surface area contributed by atoms with Crippen LogP contribution in [0, 0.1) is 6.92 Å². The molecule has 2 heterocycles. The Labute approximate surface area is 224 Å². The van der Waals surface area contributed by atoms with Crippen molar-refractivity contribution < 1.29 is 0 Å². The van der Waals surface area contributed by atoms with E-state index in [0.717, 1.165) is 6.42 Å². The smallest absolute Gasteiger partial charge is 0.0500 e. The maximum absolute atomic E-state index is 2.57. The fraction of sp³-hybridized carbons (Fsp3) is 0.314. The molecule has 1 saturated carbocycles. The Morgan fingerprint density at radius 3 is 2.22 bits per heavy atom. The number of benzene rings is 4. The molecule has 0 radical (unpaired) electrons. The number of aromatic nitrogens is 1. The van der Waals surface area contributed by atoms with E-state index in [0.29, 0.717) is 11.8 Å². The number of hydrogen-bond acceptors (Lipinski definition) is 1. The molecular formula is C35H35NS. The quantitative estimate of drug-likeness (QED) is 0.238. The molecule has 5 aromatic rings. The minimum absolute atomic E-state index is 0.0425. The molecule has 0 saturated heterocycles. The summed E-state index contributed by atoms with van der Waals surface area (Å²) in [7, 11) is 2.26. The Balaban J connectivity index is 1.47. The molecule has 1 nitrogen and oxygen atoms in total. The van der Waals surface area contributed by atoms with Crippen LogP contribution < -0.4 is 0 Å². The van der Waals surface area contributed by atoms with E-state index in [1.54, 1.807) is 5.56 Å². The second-order valence-corrected chi connectivity index (χ2v) is 13.0. The van der Waals surface area contributed by atoms with Gasteiger partial charge in [-0.1, -0.05) is 75.0 Å². The average Bonchev–Trinajstić information content (AvgIpc) is 3.71. The highest BCUT2D eigenvalue weighted by Gasteiger charge is 2.34. The first kappa shape index (κ1) is 23.2. The predicted octanol–water partition coefficient (Wildman–Crippen LogP) is 9.65. The van der Waals surface area contributed by atoms with E-state index in [1.165, 1.54) is 72.3 Å². The van der Waals surface area contributed by atoms with E-state index in [4.69, 9.17) is 0 Å². The van der Waals surface area contributed by atoms with Gasteiger partial charge in [-0.15, -0.1) is 0 Å². The van der Waals surface area contributed by atoms with Gasteiger partial charge in [-0.3, -0.25) is 0 Å². The minimum atomic E-state index is -0.0425. The van der Waals surface area contributed by atoms with E-state index < -0.39 is 0 Å². The van der Waals surface area contributed by atoms with E-state index >= 15 is 0 Å². The van der Waals surface area contributed by atoms with Crippen LogP contribution in [0.4, 0.5) is 0 Å². The molecular weight excluding hydrogens is 466 g/mol. The van der Waals surface area contributed by atoms with Crippen LogP contribution in [0.15, 0.2) is 82.6 Å². The molecule has 7 rings (SSSR count). The van der Waals surface area contributed by atoms with Crippen LogP contribution >= 0.6 is 11.8 Å². The highest BCUT2D eigenvalue weighted by molar-refractivity contribution is 7.99. The molecule has 2 heteroatoms. The molecule has 0 bridgehead atoms. The Bertz CT molecular complexity index is 1700. The maximum Gasteiger partial charge on any atom is 0.0500 e. The zero-order valence-corrected chi connectivity index (χ0v) is 23.4. The van der Waals surface area contributed by atoms with Gasteiger partial charge >= 0.3 is 0 Å². The van der Waals surface area contributed by atoms with Crippen molar-refractivity contribution in [2.45, 2.75) is 74.0 Å². The van der Waals surface area contributed by atoms with Crippen LogP contribution in [0.5, 0.6) is 0 Å². The molecule has 1 atom stereocenters. The molecule has 1 aromatic heterocycles. The van der Waals surface area contributed by atoms with E-state index in [9.17, 15) is 0 Å². The molecule has 37 heavy (non-hydrogen) atoms. The summed E-state index contributed by atoms with van der Waals surface area (Å²) >= 11 is 1.95. The van der Waals surface area contributed by atoms with Crippen LogP contribution in [0.2, 0.25) is 0 Å². The van der Waals surface area contributed by atoms with Crippen molar-refractivity contribution in [1.82, 2.24) is 4.57 Å². The van der Waals surface area contributed by atoms with E-state index in [1.807, 2.05) is 11.8 Å².